The molecule has 0 amide bonds. The van der Waals surface area contributed by atoms with Gasteiger partial charge >= 0.3 is 35.2 Å². The minimum atomic E-state index is -4.87. The number of aliphatic imine (C=N–C) groups is 1. The zero-order valence-corrected chi connectivity index (χ0v) is 17.3. The van der Waals surface area contributed by atoms with E-state index in [1.54, 1.807) is 0 Å². The van der Waals surface area contributed by atoms with Crippen LogP contribution in [0, 0.1) is 10.1 Å². The van der Waals surface area contributed by atoms with E-state index in [9.17, 15) is 28.2 Å². The number of nitrogens with zero attached hydrogens (tertiary/aromatic N) is 2. The summed E-state index contributed by atoms with van der Waals surface area (Å²) in [7, 11) is -4.87. The molecule has 0 atom stereocenters. The first kappa shape index (κ1) is 24.0. The Labute approximate surface area is 169 Å². The molecule has 10 heteroatoms. The number of phenols is 1. The Morgan fingerprint density at radius 3 is 2.36 bits per heavy atom. The summed E-state index contributed by atoms with van der Waals surface area (Å²) in [6.07, 6.45) is 7.59. The quantitative estimate of drug-likeness (QED) is 0.152. The zero-order chi connectivity index (χ0) is 18.2. The molecule has 0 saturated carbocycles. The topological polar surface area (TPSA) is 133 Å². The van der Waals surface area contributed by atoms with Crippen LogP contribution in [0.5, 0.6) is 5.75 Å². The fraction of sp³-hybridized carbons (Fsp3) is 0.533. The van der Waals surface area contributed by atoms with Crippen LogP contribution in [-0.4, -0.2) is 35.8 Å². The predicted octanol–water partition coefficient (Wildman–Crippen LogP) is -0.0121. The predicted molar refractivity (Wildman–Crippen MR) is 88.6 cm³/mol. The van der Waals surface area contributed by atoms with E-state index in [0.717, 1.165) is 44.4 Å². The minimum absolute atomic E-state index is 0. The molecule has 0 saturated heterocycles. The van der Waals surface area contributed by atoms with Gasteiger partial charge in [-0.05, 0) is 12.5 Å². The number of aromatic hydroxyl groups is 1. The molecule has 1 rings (SSSR count). The average Bonchev–Trinajstić information content (AvgIpc) is 2.49. The Morgan fingerprint density at radius 1 is 1.20 bits per heavy atom. The standard InChI is InChI=1S/C15H22N2O6S.Na/c1-2-3-4-5-6-7-8-16-11-12-9-13(24(21,22)23)10-14(15(12)18)17(19)20;/h9-11,18H,2-8H2,1H3,(H,21,22,23);/q;+1/p-1. The third kappa shape index (κ3) is 8.28. The maximum atomic E-state index is 11.1. The van der Waals surface area contributed by atoms with E-state index < -0.39 is 31.4 Å². The Bertz CT molecular complexity index is 706. The van der Waals surface area contributed by atoms with Gasteiger partial charge in [-0.15, -0.1) is 0 Å². The van der Waals surface area contributed by atoms with Gasteiger partial charge in [-0.25, -0.2) is 8.42 Å². The molecule has 1 aromatic rings. The molecule has 0 fully saturated rings. The molecule has 0 aliphatic heterocycles. The zero-order valence-electron chi connectivity index (χ0n) is 14.5. The monoisotopic (exact) mass is 380 g/mol. The largest absolute Gasteiger partial charge is 1.00 e. The molecular formula is C15H21N2NaO6S. The molecule has 1 aromatic carbocycles. The number of hydrogen-bond donors (Lipinski definition) is 1. The van der Waals surface area contributed by atoms with Crippen LogP contribution in [0.3, 0.4) is 0 Å². The number of unbranched alkanes of at least 4 members (excludes halogenated alkanes) is 5. The summed E-state index contributed by atoms with van der Waals surface area (Å²) < 4.78 is 33.2. The van der Waals surface area contributed by atoms with Gasteiger partial charge in [0.15, 0.2) is 0 Å². The third-order valence-corrected chi connectivity index (χ3v) is 4.26. The average molecular weight is 380 g/mol. The summed E-state index contributed by atoms with van der Waals surface area (Å²) in [6.45, 7) is 2.58. The summed E-state index contributed by atoms with van der Waals surface area (Å²) in [5.41, 5.74) is -1.00. The summed E-state index contributed by atoms with van der Waals surface area (Å²) >= 11 is 0. The molecule has 1 N–H and O–H groups in total. The third-order valence-electron chi connectivity index (χ3n) is 3.45. The van der Waals surface area contributed by atoms with Crippen LogP contribution in [0.1, 0.15) is 51.0 Å². The van der Waals surface area contributed by atoms with Gasteiger partial charge in [0, 0.05) is 24.4 Å². The maximum absolute atomic E-state index is 11.1. The number of hydrogen-bond acceptors (Lipinski definition) is 7. The molecule has 8 nitrogen and oxygen atoms in total. The number of benzene rings is 1. The van der Waals surface area contributed by atoms with Crippen LogP contribution in [0.25, 0.3) is 0 Å². The smallest absolute Gasteiger partial charge is 0.744 e. The number of nitro groups is 1. The van der Waals surface area contributed by atoms with Crippen molar-refractivity contribution in [3.05, 3.63) is 27.8 Å². The van der Waals surface area contributed by atoms with Crippen LogP contribution >= 0.6 is 0 Å². The normalized spacial score (nSPS) is 11.4. The molecule has 134 valence electrons. The van der Waals surface area contributed by atoms with Crippen molar-refractivity contribution in [2.45, 2.75) is 50.3 Å². The van der Waals surface area contributed by atoms with Gasteiger partial charge in [0.05, 0.1) is 9.82 Å². The summed E-state index contributed by atoms with van der Waals surface area (Å²) in [6, 6.07) is 1.43. The molecule has 0 unspecified atom stereocenters. The summed E-state index contributed by atoms with van der Waals surface area (Å²) in [5.74, 6) is -0.709. The molecule has 25 heavy (non-hydrogen) atoms. The molecule has 0 bridgehead atoms. The fourth-order valence-corrected chi connectivity index (χ4v) is 2.67. The van der Waals surface area contributed by atoms with Gasteiger partial charge in [0.25, 0.3) is 0 Å². The van der Waals surface area contributed by atoms with E-state index >= 15 is 0 Å². The van der Waals surface area contributed by atoms with Crippen LogP contribution in [0.15, 0.2) is 22.0 Å². The second-order valence-corrected chi connectivity index (χ2v) is 6.77. The molecule has 0 radical (unpaired) electrons. The molecule has 0 spiro atoms. The Morgan fingerprint density at radius 2 is 1.80 bits per heavy atom. The van der Waals surface area contributed by atoms with E-state index in [4.69, 9.17) is 0 Å². The minimum Gasteiger partial charge on any atom is -0.744 e. The summed E-state index contributed by atoms with van der Waals surface area (Å²) in [4.78, 5) is 13.2. The molecule has 0 aliphatic carbocycles. The number of nitro benzene ring substituents is 1. The van der Waals surface area contributed by atoms with Crippen molar-refractivity contribution in [2.24, 2.45) is 4.99 Å². The SMILES string of the molecule is CCCCCCCCN=Cc1cc(S(=O)(=O)[O-])cc([N+](=O)[O-])c1O.[Na+]. The van der Waals surface area contributed by atoms with Crippen molar-refractivity contribution in [3.63, 3.8) is 0 Å². The van der Waals surface area contributed by atoms with Gasteiger partial charge in [-0.1, -0.05) is 39.0 Å². The first-order valence-electron chi connectivity index (χ1n) is 7.74. The van der Waals surface area contributed by atoms with Gasteiger partial charge in [-0.3, -0.25) is 15.1 Å². The summed E-state index contributed by atoms with van der Waals surface area (Å²) in [5, 5.41) is 20.7. The van der Waals surface area contributed by atoms with Crippen molar-refractivity contribution >= 4 is 22.0 Å². The molecule has 0 aliphatic rings. The van der Waals surface area contributed by atoms with Gasteiger partial charge in [-0.2, -0.15) is 0 Å². The Hall–Kier alpha value is -1.000. The van der Waals surface area contributed by atoms with Crippen LogP contribution < -0.4 is 29.6 Å². The number of rotatable bonds is 10. The Balaban J connectivity index is 0.00000576. The Kier molecular flexibility index (Phi) is 11.1. The fourth-order valence-electron chi connectivity index (χ4n) is 2.14. The molecule has 0 heterocycles. The van der Waals surface area contributed by atoms with Gasteiger partial charge < -0.3 is 9.66 Å². The maximum Gasteiger partial charge on any atom is 1.00 e. The first-order valence-corrected chi connectivity index (χ1v) is 9.15. The second kappa shape index (κ2) is 11.6. The van der Waals surface area contributed by atoms with Crippen molar-refractivity contribution in [1.82, 2.24) is 0 Å². The second-order valence-electron chi connectivity index (χ2n) is 5.39. The van der Waals surface area contributed by atoms with Gasteiger partial charge in [0.1, 0.15) is 10.1 Å². The van der Waals surface area contributed by atoms with Crippen LogP contribution in [0.2, 0.25) is 0 Å². The first-order chi connectivity index (χ1) is 11.3. The van der Waals surface area contributed by atoms with Crippen molar-refractivity contribution in [2.75, 3.05) is 6.54 Å². The van der Waals surface area contributed by atoms with Crippen molar-refractivity contribution in [3.8, 4) is 5.75 Å². The number of phenolic OH excluding ortho intramolecular Hbond substituents is 1. The molecular weight excluding hydrogens is 359 g/mol. The van der Waals surface area contributed by atoms with E-state index in [1.807, 2.05) is 0 Å². The molecule has 0 aromatic heterocycles. The van der Waals surface area contributed by atoms with Crippen LogP contribution in [0.4, 0.5) is 5.69 Å². The van der Waals surface area contributed by atoms with E-state index in [1.165, 1.54) is 6.42 Å². The van der Waals surface area contributed by atoms with E-state index in [2.05, 4.69) is 11.9 Å². The van der Waals surface area contributed by atoms with Crippen molar-refractivity contribution in [1.29, 1.82) is 0 Å². The van der Waals surface area contributed by atoms with Crippen LogP contribution in [-0.2, 0) is 10.1 Å². The van der Waals surface area contributed by atoms with Crippen molar-refractivity contribution < 1.29 is 52.6 Å². The van der Waals surface area contributed by atoms with E-state index in [-0.39, 0.29) is 35.1 Å². The van der Waals surface area contributed by atoms with E-state index in [0.29, 0.717) is 12.6 Å². The van der Waals surface area contributed by atoms with Gasteiger partial charge in [0.2, 0.25) is 5.75 Å².